The van der Waals surface area contributed by atoms with E-state index in [2.05, 4.69) is 0 Å². The minimum atomic E-state index is -0.941. The minimum absolute atomic E-state index is 0.260. The van der Waals surface area contributed by atoms with Gasteiger partial charge in [0.2, 0.25) is 0 Å². The molecule has 3 rings (SSSR count). The van der Waals surface area contributed by atoms with Crippen molar-refractivity contribution in [2.75, 3.05) is 13.7 Å². The molecular weight excluding hydrogens is 374 g/mol. The van der Waals surface area contributed by atoms with Crippen LogP contribution in [0.4, 0.5) is 5.69 Å². The molecule has 29 heavy (non-hydrogen) atoms. The molecule has 0 saturated carbocycles. The summed E-state index contributed by atoms with van der Waals surface area (Å²) in [6.45, 7) is 5.97. The van der Waals surface area contributed by atoms with Crippen LogP contribution in [-0.2, 0) is 4.74 Å². The van der Waals surface area contributed by atoms with Crippen LogP contribution in [0.15, 0.2) is 50.7 Å². The number of ether oxygens (including phenoxy) is 2. The lowest BCUT2D eigenvalue weighted by Gasteiger charge is -2.14. The monoisotopic (exact) mass is 399 g/mol. The van der Waals surface area contributed by atoms with Gasteiger partial charge in [0, 0.05) is 24.1 Å². The van der Waals surface area contributed by atoms with Crippen molar-refractivity contribution in [1.82, 2.24) is 0 Å². The number of hydrogen-bond donors (Lipinski definition) is 2. The summed E-state index contributed by atoms with van der Waals surface area (Å²) in [7, 11) is 1.54. The zero-order valence-electron chi connectivity index (χ0n) is 16.9. The largest absolute Gasteiger partial charge is 0.595 e. The van der Waals surface area contributed by atoms with Crippen molar-refractivity contribution in [3.8, 4) is 5.75 Å². The molecule has 7 heteroatoms. The molecule has 7 nitrogen and oxygen atoms in total. The van der Waals surface area contributed by atoms with E-state index in [1.165, 1.54) is 7.11 Å². The van der Waals surface area contributed by atoms with Crippen LogP contribution in [0.25, 0.3) is 6.08 Å². The Balaban J connectivity index is 1.77. The van der Waals surface area contributed by atoms with Gasteiger partial charge < -0.3 is 19.1 Å². The van der Waals surface area contributed by atoms with Crippen LogP contribution in [0.2, 0.25) is 0 Å². The van der Waals surface area contributed by atoms with Crippen LogP contribution < -0.4 is 15.6 Å². The van der Waals surface area contributed by atoms with Gasteiger partial charge in [-0.15, -0.1) is 0 Å². The first kappa shape index (κ1) is 21.0. The van der Waals surface area contributed by atoms with Gasteiger partial charge in [-0.05, 0) is 44.0 Å². The number of hydrogen-bond acceptors (Lipinski definition) is 6. The van der Waals surface area contributed by atoms with Gasteiger partial charge in [-0.1, -0.05) is 17.7 Å². The number of methoxy groups -OCH3 is 1. The summed E-state index contributed by atoms with van der Waals surface area (Å²) >= 11 is 0. The summed E-state index contributed by atoms with van der Waals surface area (Å²) in [4.78, 5) is 12.1. The number of allylic oxidation sites excluding steroid dienone is 2. The van der Waals surface area contributed by atoms with Gasteiger partial charge in [-0.3, -0.25) is 0 Å². The summed E-state index contributed by atoms with van der Waals surface area (Å²) in [6.07, 6.45) is 4.32. The zero-order chi connectivity index (χ0) is 21.1. The summed E-state index contributed by atoms with van der Waals surface area (Å²) in [5, 5.41) is 19.0. The molecule has 0 radical (unpaired) electrons. The van der Waals surface area contributed by atoms with Gasteiger partial charge in [0.25, 0.3) is 0 Å². The number of benzene rings is 1. The lowest BCUT2D eigenvalue weighted by molar-refractivity contribution is -0.991. The maximum atomic E-state index is 12.1. The first-order valence-corrected chi connectivity index (χ1v) is 9.31. The van der Waals surface area contributed by atoms with Crippen molar-refractivity contribution in [2.24, 2.45) is 0 Å². The van der Waals surface area contributed by atoms with Gasteiger partial charge in [0.15, 0.2) is 5.69 Å². The summed E-state index contributed by atoms with van der Waals surface area (Å²) in [5.74, 6) is 1.05. The molecule has 0 amide bonds. The first-order chi connectivity index (χ1) is 13.8. The molecule has 0 spiro atoms. The van der Waals surface area contributed by atoms with Crippen LogP contribution in [0.1, 0.15) is 41.9 Å². The SMILES string of the molecule is COc1c(C)c([C@H]2CC(=CC(C)=Cc3ccc([NH+]([O-])O)cc3)CO2)oc(=O)c1C. The highest BCUT2D eigenvalue weighted by atomic mass is 16.8. The van der Waals surface area contributed by atoms with Gasteiger partial charge in [0.1, 0.15) is 17.6 Å². The maximum Gasteiger partial charge on any atom is 0.342 e. The Morgan fingerprint density at radius 2 is 1.97 bits per heavy atom. The summed E-state index contributed by atoms with van der Waals surface area (Å²) in [6, 6.07) is 6.71. The second kappa shape index (κ2) is 8.75. The van der Waals surface area contributed by atoms with Crippen molar-refractivity contribution in [2.45, 2.75) is 33.3 Å². The minimum Gasteiger partial charge on any atom is -0.595 e. The van der Waals surface area contributed by atoms with Crippen molar-refractivity contribution in [3.05, 3.63) is 79.6 Å². The Morgan fingerprint density at radius 3 is 2.59 bits per heavy atom. The number of quaternary nitrogens is 1. The molecule has 1 unspecified atom stereocenters. The lowest BCUT2D eigenvalue weighted by atomic mass is 10.0. The molecule has 1 aliphatic rings. The smallest absolute Gasteiger partial charge is 0.342 e. The van der Waals surface area contributed by atoms with E-state index >= 15 is 0 Å². The molecule has 154 valence electrons. The second-order valence-corrected chi connectivity index (χ2v) is 7.16. The summed E-state index contributed by atoms with van der Waals surface area (Å²) in [5.41, 5.74) is 4.11. The Labute approximate surface area is 169 Å². The zero-order valence-corrected chi connectivity index (χ0v) is 16.9. The normalized spacial score (nSPS) is 19.6. The van der Waals surface area contributed by atoms with E-state index in [1.54, 1.807) is 31.2 Å². The van der Waals surface area contributed by atoms with Crippen molar-refractivity contribution < 1.29 is 24.3 Å². The van der Waals surface area contributed by atoms with Gasteiger partial charge >= 0.3 is 5.63 Å². The van der Waals surface area contributed by atoms with Crippen LogP contribution in [0.3, 0.4) is 0 Å². The number of nitrogens with one attached hydrogen (secondary N) is 1. The predicted molar refractivity (Wildman–Crippen MR) is 108 cm³/mol. The summed E-state index contributed by atoms with van der Waals surface area (Å²) < 4.78 is 16.7. The fourth-order valence-electron chi connectivity index (χ4n) is 3.53. The fraction of sp³-hybridized carbons (Fsp3) is 0.318. The Bertz CT molecular complexity index is 1000. The third-order valence-electron chi connectivity index (χ3n) is 4.96. The topological polar surface area (TPSA) is 96.4 Å². The van der Waals surface area contributed by atoms with E-state index in [0.29, 0.717) is 30.1 Å². The van der Waals surface area contributed by atoms with Crippen molar-refractivity contribution in [1.29, 1.82) is 0 Å². The Hall–Kier alpha value is -2.71. The highest BCUT2D eigenvalue weighted by Crippen LogP contribution is 2.37. The van der Waals surface area contributed by atoms with Crippen LogP contribution in [0.5, 0.6) is 5.75 Å². The molecule has 2 heterocycles. The van der Waals surface area contributed by atoms with E-state index in [-0.39, 0.29) is 11.8 Å². The molecule has 0 aliphatic carbocycles. The second-order valence-electron chi connectivity index (χ2n) is 7.16. The van der Waals surface area contributed by atoms with Crippen molar-refractivity contribution in [3.63, 3.8) is 0 Å². The maximum absolute atomic E-state index is 12.1. The predicted octanol–water partition coefficient (Wildman–Crippen LogP) is 3.16. The van der Waals surface area contributed by atoms with Gasteiger partial charge in [-0.2, -0.15) is 5.23 Å². The molecule has 2 N–H and O–H groups in total. The standard InChI is InChI=1S/C22H25NO6/c1-13(9-16-5-7-18(8-6-16)23(25)26)10-17-11-19(28-12-17)21-14(2)20(27-4)15(3)22(24)29-21/h5-10,19,23,25H,11-12H2,1-4H3/t19-/m1/s1. The van der Waals surface area contributed by atoms with Crippen LogP contribution in [0, 0.1) is 19.1 Å². The highest BCUT2D eigenvalue weighted by molar-refractivity contribution is 5.57. The van der Waals surface area contributed by atoms with Crippen LogP contribution >= 0.6 is 0 Å². The molecule has 1 aromatic heterocycles. The molecule has 1 saturated heterocycles. The van der Waals surface area contributed by atoms with Gasteiger partial charge in [0.05, 0.1) is 19.3 Å². The average Bonchev–Trinajstić information content (AvgIpc) is 3.13. The molecule has 2 aromatic rings. The van der Waals surface area contributed by atoms with E-state index in [1.807, 2.05) is 26.0 Å². The Morgan fingerprint density at radius 1 is 1.28 bits per heavy atom. The average molecular weight is 399 g/mol. The lowest BCUT2D eigenvalue weighted by Crippen LogP contribution is -2.99. The molecule has 0 bridgehead atoms. The Kier molecular flexibility index (Phi) is 6.34. The number of rotatable bonds is 5. The molecule has 1 fully saturated rings. The van der Waals surface area contributed by atoms with E-state index in [9.17, 15) is 10.0 Å². The van der Waals surface area contributed by atoms with Crippen LogP contribution in [-0.4, -0.2) is 18.9 Å². The molecule has 1 aromatic carbocycles. The third-order valence-corrected chi connectivity index (χ3v) is 4.96. The molecular formula is C22H25NO6. The van der Waals surface area contributed by atoms with E-state index in [4.69, 9.17) is 19.1 Å². The van der Waals surface area contributed by atoms with E-state index in [0.717, 1.165) is 22.3 Å². The molecule has 1 aliphatic heterocycles. The fourth-order valence-corrected chi connectivity index (χ4v) is 3.53. The quantitative estimate of drug-likeness (QED) is 0.750. The van der Waals surface area contributed by atoms with Crippen molar-refractivity contribution >= 4 is 11.8 Å². The highest BCUT2D eigenvalue weighted by Gasteiger charge is 2.28. The third kappa shape index (κ3) is 4.65. The van der Waals surface area contributed by atoms with E-state index < -0.39 is 10.9 Å². The molecule has 2 atom stereocenters. The first-order valence-electron chi connectivity index (χ1n) is 9.31. The van der Waals surface area contributed by atoms with Gasteiger partial charge in [-0.25, -0.2) is 10.0 Å².